The standard InChI is InChI=1S/C14H21Cl2O4P/c1-11(15)9-19-21(18,20-10-12(2)16)8-7-13-3-5-14(17)6-4-13/h3-6,11-12,17H,7-10H2,1-2H3. The normalized spacial score (nSPS) is 17.1. The summed E-state index contributed by atoms with van der Waals surface area (Å²) in [5.41, 5.74) is 0.943. The van der Waals surface area contributed by atoms with Crippen molar-refractivity contribution < 1.29 is 18.7 Å². The van der Waals surface area contributed by atoms with E-state index in [9.17, 15) is 9.67 Å². The fraction of sp³-hybridized carbons (Fsp3) is 0.571. The number of phenolic OH excluding ortho intramolecular Hbond substituents is 1. The van der Waals surface area contributed by atoms with E-state index in [4.69, 9.17) is 32.2 Å². The number of benzene rings is 1. The number of aromatic hydroxyl groups is 1. The van der Waals surface area contributed by atoms with E-state index in [1.54, 1.807) is 38.1 Å². The van der Waals surface area contributed by atoms with E-state index >= 15 is 0 Å². The highest BCUT2D eigenvalue weighted by Gasteiger charge is 2.25. The van der Waals surface area contributed by atoms with Crippen LogP contribution in [0.1, 0.15) is 19.4 Å². The molecule has 1 aromatic carbocycles. The Hall–Kier alpha value is -0.250. The van der Waals surface area contributed by atoms with E-state index in [2.05, 4.69) is 0 Å². The zero-order valence-corrected chi connectivity index (χ0v) is 14.6. The third kappa shape index (κ3) is 8.08. The van der Waals surface area contributed by atoms with Gasteiger partial charge in [0.15, 0.2) is 0 Å². The number of hydrogen-bond donors (Lipinski definition) is 1. The first kappa shape index (κ1) is 18.8. The van der Waals surface area contributed by atoms with Gasteiger partial charge in [-0.3, -0.25) is 4.57 Å². The molecule has 0 amide bonds. The summed E-state index contributed by atoms with van der Waals surface area (Å²) >= 11 is 11.7. The molecule has 0 aliphatic carbocycles. The van der Waals surface area contributed by atoms with Crippen LogP contribution < -0.4 is 0 Å². The van der Waals surface area contributed by atoms with Crippen molar-refractivity contribution in [2.75, 3.05) is 19.4 Å². The van der Waals surface area contributed by atoms with Gasteiger partial charge in [-0.25, -0.2) is 0 Å². The highest BCUT2D eigenvalue weighted by atomic mass is 35.5. The second-order valence-electron chi connectivity index (χ2n) is 4.90. The Balaban J connectivity index is 2.62. The summed E-state index contributed by atoms with van der Waals surface area (Å²) in [5, 5.41) is 8.75. The summed E-state index contributed by atoms with van der Waals surface area (Å²) in [4.78, 5) is 0. The van der Waals surface area contributed by atoms with Crippen LogP contribution in [0.25, 0.3) is 0 Å². The van der Waals surface area contributed by atoms with E-state index in [1.807, 2.05) is 0 Å². The highest BCUT2D eigenvalue weighted by molar-refractivity contribution is 7.53. The molecule has 0 aromatic heterocycles. The number of hydrogen-bond acceptors (Lipinski definition) is 4. The van der Waals surface area contributed by atoms with Crippen LogP contribution in [0.4, 0.5) is 0 Å². The zero-order chi connectivity index (χ0) is 15.9. The van der Waals surface area contributed by atoms with E-state index in [0.717, 1.165) is 5.56 Å². The van der Waals surface area contributed by atoms with Crippen molar-refractivity contribution in [2.24, 2.45) is 0 Å². The van der Waals surface area contributed by atoms with Gasteiger partial charge in [0, 0.05) is 0 Å². The molecule has 1 N–H and O–H groups in total. The van der Waals surface area contributed by atoms with Gasteiger partial charge < -0.3 is 14.2 Å². The van der Waals surface area contributed by atoms with Gasteiger partial charge in [0.2, 0.25) is 0 Å². The van der Waals surface area contributed by atoms with Crippen LogP contribution in [-0.4, -0.2) is 35.2 Å². The van der Waals surface area contributed by atoms with Crippen LogP contribution in [0, 0.1) is 0 Å². The predicted octanol–water partition coefficient (Wildman–Crippen LogP) is 4.42. The zero-order valence-electron chi connectivity index (χ0n) is 12.2. The van der Waals surface area contributed by atoms with Crippen molar-refractivity contribution in [1.29, 1.82) is 0 Å². The molecule has 7 heteroatoms. The Morgan fingerprint density at radius 3 is 2.00 bits per heavy atom. The van der Waals surface area contributed by atoms with Gasteiger partial charge in [-0.15, -0.1) is 23.2 Å². The van der Waals surface area contributed by atoms with Crippen LogP contribution in [0.2, 0.25) is 0 Å². The largest absolute Gasteiger partial charge is 0.508 e. The Morgan fingerprint density at radius 1 is 1.10 bits per heavy atom. The van der Waals surface area contributed by atoms with Gasteiger partial charge in [-0.1, -0.05) is 12.1 Å². The summed E-state index contributed by atoms with van der Waals surface area (Å²) in [7, 11) is -3.24. The highest BCUT2D eigenvalue weighted by Crippen LogP contribution is 2.49. The lowest BCUT2D eigenvalue weighted by atomic mass is 10.2. The molecule has 120 valence electrons. The average molecular weight is 355 g/mol. The monoisotopic (exact) mass is 354 g/mol. The van der Waals surface area contributed by atoms with E-state index in [0.29, 0.717) is 6.42 Å². The Bertz CT molecular complexity index is 447. The second-order valence-corrected chi connectivity index (χ2v) is 8.58. The molecule has 21 heavy (non-hydrogen) atoms. The number of aryl methyl sites for hydroxylation is 1. The van der Waals surface area contributed by atoms with Crippen LogP contribution in [0.5, 0.6) is 5.75 Å². The molecule has 0 heterocycles. The van der Waals surface area contributed by atoms with Gasteiger partial charge in [0.25, 0.3) is 0 Å². The molecule has 2 atom stereocenters. The molecule has 0 fully saturated rings. The molecule has 0 saturated carbocycles. The Kier molecular flexibility index (Phi) is 8.07. The minimum atomic E-state index is -3.24. The summed E-state index contributed by atoms with van der Waals surface area (Å²) in [5.74, 6) is 0.196. The maximum Gasteiger partial charge on any atom is 0.331 e. The van der Waals surface area contributed by atoms with Gasteiger partial charge in [-0.2, -0.15) is 0 Å². The molecule has 2 unspecified atom stereocenters. The van der Waals surface area contributed by atoms with Crippen molar-refractivity contribution >= 4 is 30.8 Å². The molecule has 0 spiro atoms. The maximum absolute atomic E-state index is 12.7. The summed E-state index contributed by atoms with van der Waals surface area (Å²) in [6.07, 6.45) is 0.760. The fourth-order valence-electron chi connectivity index (χ4n) is 1.53. The first-order valence-electron chi connectivity index (χ1n) is 6.75. The summed E-state index contributed by atoms with van der Waals surface area (Å²) in [6, 6.07) is 6.72. The van der Waals surface area contributed by atoms with Crippen LogP contribution >= 0.6 is 30.8 Å². The van der Waals surface area contributed by atoms with Gasteiger partial charge >= 0.3 is 7.60 Å². The third-order valence-electron chi connectivity index (χ3n) is 2.61. The molecule has 0 saturated heterocycles. The number of halogens is 2. The Labute approximate surface area is 135 Å². The van der Waals surface area contributed by atoms with E-state index in [1.165, 1.54) is 0 Å². The smallest absolute Gasteiger partial charge is 0.331 e. The van der Waals surface area contributed by atoms with Crippen molar-refractivity contribution in [3.63, 3.8) is 0 Å². The molecule has 1 aromatic rings. The van der Waals surface area contributed by atoms with Crippen molar-refractivity contribution in [3.05, 3.63) is 29.8 Å². The lowest BCUT2D eigenvalue weighted by Crippen LogP contribution is -2.11. The molecule has 0 aliphatic heterocycles. The molecule has 0 bridgehead atoms. The predicted molar refractivity (Wildman–Crippen MR) is 86.8 cm³/mol. The molecule has 0 radical (unpaired) electrons. The first-order chi connectivity index (χ1) is 9.81. The molecular formula is C14H21Cl2O4P. The SMILES string of the molecule is CC(Cl)COP(=O)(CCc1ccc(O)cc1)OCC(C)Cl. The quantitative estimate of drug-likeness (QED) is 0.526. The van der Waals surface area contributed by atoms with Crippen LogP contribution in [0.15, 0.2) is 24.3 Å². The lowest BCUT2D eigenvalue weighted by Gasteiger charge is -2.20. The molecule has 1 rings (SSSR count). The number of rotatable bonds is 9. The lowest BCUT2D eigenvalue weighted by molar-refractivity contribution is 0.207. The van der Waals surface area contributed by atoms with Crippen LogP contribution in [0.3, 0.4) is 0 Å². The molecule has 4 nitrogen and oxygen atoms in total. The van der Waals surface area contributed by atoms with Crippen molar-refractivity contribution in [1.82, 2.24) is 0 Å². The van der Waals surface area contributed by atoms with E-state index < -0.39 is 7.60 Å². The first-order valence-corrected chi connectivity index (χ1v) is 9.35. The average Bonchev–Trinajstić information content (AvgIpc) is 2.43. The van der Waals surface area contributed by atoms with E-state index in [-0.39, 0.29) is 35.9 Å². The summed E-state index contributed by atoms with van der Waals surface area (Å²) in [6.45, 7) is 3.84. The molecular weight excluding hydrogens is 334 g/mol. The van der Waals surface area contributed by atoms with Gasteiger partial charge in [-0.05, 0) is 38.0 Å². The van der Waals surface area contributed by atoms with Crippen molar-refractivity contribution in [2.45, 2.75) is 31.0 Å². The Morgan fingerprint density at radius 2 is 1.57 bits per heavy atom. The number of phenols is 1. The third-order valence-corrected chi connectivity index (χ3v) is 4.72. The molecule has 0 aliphatic rings. The van der Waals surface area contributed by atoms with Crippen LogP contribution in [-0.2, 0) is 20.0 Å². The van der Waals surface area contributed by atoms with Gasteiger partial charge in [0.1, 0.15) is 5.75 Å². The minimum Gasteiger partial charge on any atom is -0.508 e. The number of alkyl halides is 2. The fourth-order valence-corrected chi connectivity index (χ4v) is 3.60. The maximum atomic E-state index is 12.7. The van der Waals surface area contributed by atoms with Gasteiger partial charge in [0.05, 0.1) is 30.1 Å². The second kappa shape index (κ2) is 9.02. The topological polar surface area (TPSA) is 55.8 Å². The summed E-state index contributed by atoms with van der Waals surface area (Å²) < 4.78 is 23.4. The minimum absolute atomic E-state index is 0.158. The van der Waals surface area contributed by atoms with Crippen molar-refractivity contribution in [3.8, 4) is 5.75 Å².